The van der Waals surface area contributed by atoms with Crippen molar-refractivity contribution < 1.29 is 4.79 Å². The maximum Gasteiger partial charge on any atom is 0.231 e. The molecule has 0 aliphatic carbocycles. The summed E-state index contributed by atoms with van der Waals surface area (Å²) in [5.74, 6) is 0.479. The molecule has 3 nitrogen and oxygen atoms in total. The summed E-state index contributed by atoms with van der Waals surface area (Å²) in [6, 6.07) is 5.55. The fourth-order valence-corrected chi connectivity index (χ4v) is 3.30. The van der Waals surface area contributed by atoms with E-state index >= 15 is 0 Å². The molecule has 0 saturated carbocycles. The summed E-state index contributed by atoms with van der Waals surface area (Å²) < 4.78 is 0. The number of hydrogen-bond donors (Lipinski definition) is 0. The highest BCUT2D eigenvalue weighted by atomic mass is 35.5. The first kappa shape index (κ1) is 12.9. The predicted molar refractivity (Wildman–Crippen MR) is 78.0 cm³/mol. The standard InChI is InChI=1S/C13H10Cl2N2OS/c14-5-10-7-19-12(16-10)6-17-11-4-9(15)2-1-8(11)3-13(17)18/h1-2,4,7H,3,5-6H2. The lowest BCUT2D eigenvalue weighted by atomic mass is 10.2. The van der Waals surface area contributed by atoms with Gasteiger partial charge in [-0.15, -0.1) is 22.9 Å². The van der Waals surface area contributed by atoms with Crippen LogP contribution in [0.2, 0.25) is 5.02 Å². The fourth-order valence-electron chi connectivity index (χ4n) is 2.12. The van der Waals surface area contributed by atoms with E-state index in [1.165, 1.54) is 11.3 Å². The van der Waals surface area contributed by atoms with Crippen molar-refractivity contribution in [2.45, 2.75) is 18.8 Å². The third-order valence-corrected chi connectivity index (χ3v) is 4.40. The van der Waals surface area contributed by atoms with Crippen LogP contribution in [-0.2, 0) is 23.6 Å². The third kappa shape index (κ3) is 2.48. The van der Waals surface area contributed by atoms with Gasteiger partial charge in [0.1, 0.15) is 5.01 Å². The summed E-state index contributed by atoms with van der Waals surface area (Å²) in [5, 5.41) is 3.44. The van der Waals surface area contributed by atoms with Crippen molar-refractivity contribution in [1.29, 1.82) is 0 Å². The van der Waals surface area contributed by atoms with Gasteiger partial charge in [-0.2, -0.15) is 0 Å². The summed E-state index contributed by atoms with van der Waals surface area (Å²) in [6.07, 6.45) is 0.431. The maximum absolute atomic E-state index is 12.1. The Morgan fingerprint density at radius 3 is 3.00 bits per heavy atom. The molecule has 6 heteroatoms. The summed E-state index contributed by atoms with van der Waals surface area (Å²) in [5.41, 5.74) is 2.75. The van der Waals surface area contributed by atoms with E-state index in [1.54, 1.807) is 4.90 Å². The Morgan fingerprint density at radius 1 is 1.42 bits per heavy atom. The Kier molecular flexibility index (Phi) is 3.48. The number of carbonyl (C=O) groups is 1. The van der Waals surface area contributed by atoms with Gasteiger partial charge in [-0.25, -0.2) is 4.98 Å². The van der Waals surface area contributed by atoms with E-state index in [2.05, 4.69) is 4.98 Å². The van der Waals surface area contributed by atoms with Crippen molar-refractivity contribution in [2.24, 2.45) is 0 Å². The van der Waals surface area contributed by atoms with E-state index in [0.29, 0.717) is 23.9 Å². The van der Waals surface area contributed by atoms with Gasteiger partial charge in [0.2, 0.25) is 5.91 Å². The van der Waals surface area contributed by atoms with Gasteiger partial charge in [-0.1, -0.05) is 17.7 Å². The minimum atomic E-state index is 0.0832. The molecule has 0 unspecified atom stereocenters. The minimum Gasteiger partial charge on any atom is -0.305 e. The van der Waals surface area contributed by atoms with Crippen molar-refractivity contribution in [3.8, 4) is 0 Å². The van der Waals surface area contributed by atoms with Crippen LogP contribution >= 0.6 is 34.5 Å². The molecule has 1 aliphatic rings. The van der Waals surface area contributed by atoms with Gasteiger partial charge in [-0.05, 0) is 17.7 Å². The fraction of sp³-hybridized carbons (Fsp3) is 0.231. The van der Waals surface area contributed by atoms with Crippen LogP contribution in [0.15, 0.2) is 23.6 Å². The van der Waals surface area contributed by atoms with E-state index in [0.717, 1.165) is 22.0 Å². The maximum atomic E-state index is 12.1. The highest BCUT2D eigenvalue weighted by Gasteiger charge is 2.28. The van der Waals surface area contributed by atoms with Crippen molar-refractivity contribution in [3.05, 3.63) is 44.9 Å². The smallest absolute Gasteiger partial charge is 0.231 e. The lowest BCUT2D eigenvalue weighted by molar-refractivity contribution is -0.117. The molecule has 0 bridgehead atoms. The average Bonchev–Trinajstić information content (AvgIpc) is 2.96. The summed E-state index contributed by atoms with van der Waals surface area (Å²) in [4.78, 5) is 18.2. The monoisotopic (exact) mass is 312 g/mol. The zero-order chi connectivity index (χ0) is 13.4. The van der Waals surface area contributed by atoms with Crippen LogP contribution in [0.3, 0.4) is 0 Å². The number of amides is 1. The van der Waals surface area contributed by atoms with Crippen LogP contribution in [-0.4, -0.2) is 10.9 Å². The van der Waals surface area contributed by atoms with Crippen LogP contribution in [0.1, 0.15) is 16.3 Å². The summed E-state index contributed by atoms with van der Waals surface area (Å²) >= 11 is 13.3. The number of anilines is 1. The molecule has 0 N–H and O–H groups in total. The molecular weight excluding hydrogens is 303 g/mol. The van der Waals surface area contributed by atoms with Gasteiger partial charge in [0.15, 0.2) is 0 Å². The zero-order valence-electron chi connectivity index (χ0n) is 9.90. The first-order chi connectivity index (χ1) is 9.17. The Morgan fingerprint density at radius 2 is 2.26 bits per heavy atom. The number of hydrogen-bond acceptors (Lipinski definition) is 3. The molecule has 1 amide bonds. The van der Waals surface area contributed by atoms with Crippen LogP contribution in [0.25, 0.3) is 0 Å². The predicted octanol–water partition coefficient (Wildman–Crippen LogP) is 3.62. The molecule has 1 aliphatic heterocycles. The molecule has 3 rings (SSSR count). The molecule has 0 radical (unpaired) electrons. The highest BCUT2D eigenvalue weighted by Crippen LogP contribution is 2.33. The van der Waals surface area contributed by atoms with E-state index in [-0.39, 0.29) is 5.91 Å². The van der Waals surface area contributed by atoms with Crippen molar-refractivity contribution >= 4 is 46.1 Å². The summed E-state index contributed by atoms with van der Waals surface area (Å²) in [7, 11) is 0. The van der Waals surface area contributed by atoms with Crippen LogP contribution in [0.4, 0.5) is 5.69 Å². The Hall–Kier alpha value is -1.10. The van der Waals surface area contributed by atoms with Gasteiger partial charge in [-0.3, -0.25) is 4.79 Å². The Balaban J connectivity index is 1.89. The Bertz CT molecular complexity index is 641. The number of benzene rings is 1. The molecule has 0 atom stereocenters. The normalized spacial score (nSPS) is 14.0. The van der Waals surface area contributed by atoms with E-state index < -0.39 is 0 Å². The molecule has 0 fully saturated rings. The second-order valence-corrected chi connectivity index (χ2v) is 5.94. The number of rotatable bonds is 3. The van der Waals surface area contributed by atoms with Gasteiger partial charge < -0.3 is 4.90 Å². The number of aromatic nitrogens is 1. The number of fused-ring (bicyclic) bond motifs is 1. The lowest BCUT2D eigenvalue weighted by Gasteiger charge is -2.15. The molecule has 2 heterocycles. The van der Waals surface area contributed by atoms with Crippen molar-refractivity contribution in [1.82, 2.24) is 4.98 Å². The molecule has 2 aromatic rings. The minimum absolute atomic E-state index is 0.0832. The molecule has 0 spiro atoms. The SMILES string of the molecule is O=C1Cc2ccc(Cl)cc2N1Cc1nc(CCl)cs1. The number of thiazole rings is 1. The quantitative estimate of drug-likeness (QED) is 0.811. The van der Waals surface area contributed by atoms with E-state index in [4.69, 9.17) is 23.2 Å². The first-order valence-corrected chi connectivity index (χ1v) is 7.54. The van der Waals surface area contributed by atoms with E-state index in [1.807, 2.05) is 23.6 Å². The van der Waals surface area contributed by atoms with Crippen LogP contribution in [0, 0.1) is 0 Å². The second kappa shape index (κ2) is 5.12. The Labute approximate surface area is 124 Å². The zero-order valence-corrected chi connectivity index (χ0v) is 12.2. The molecule has 19 heavy (non-hydrogen) atoms. The number of halogens is 2. The van der Waals surface area contributed by atoms with Gasteiger partial charge in [0, 0.05) is 16.1 Å². The van der Waals surface area contributed by atoms with E-state index in [9.17, 15) is 4.79 Å². The number of nitrogens with zero attached hydrogens (tertiary/aromatic N) is 2. The molecule has 0 saturated heterocycles. The van der Waals surface area contributed by atoms with Gasteiger partial charge >= 0.3 is 0 Å². The summed E-state index contributed by atoms with van der Waals surface area (Å²) in [6.45, 7) is 0.480. The topological polar surface area (TPSA) is 33.2 Å². The molecular formula is C13H10Cl2N2OS. The molecule has 98 valence electrons. The second-order valence-electron chi connectivity index (χ2n) is 4.30. The molecule has 1 aromatic carbocycles. The van der Waals surface area contributed by atoms with Gasteiger partial charge in [0.05, 0.1) is 24.5 Å². The third-order valence-electron chi connectivity index (χ3n) is 3.01. The van der Waals surface area contributed by atoms with Crippen molar-refractivity contribution in [2.75, 3.05) is 4.90 Å². The van der Waals surface area contributed by atoms with Crippen LogP contribution in [0.5, 0.6) is 0 Å². The van der Waals surface area contributed by atoms with Crippen molar-refractivity contribution in [3.63, 3.8) is 0 Å². The van der Waals surface area contributed by atoms with Crippen LogP contribution < -0.4 is 4.90 Å². The van der Waals surface area contributed by atoms with Gasteiger partial charge in [0.25, 0.3) is 0 Å². The number of carbonyl (C=O) groups excluding carboxylic acids is 1. The molecule has 1 aromatic heterocycles. The number of alkyl halides is 1. The first-order valence-electron chi connectivity index (χ1n) is 5.75. The highest BCUT2D eigenvalue weighted by molar-refractivity contribution is 7.09. The average molecular weight is 313 g/mol. The largest absolute Gasteiger partial charge is 0.305 e. The lowest BCUT2D eigenvalue weighted by Crippen LogP contribution is -2.25.